The van der Waals surface area contributed by atoms with Gasteiger partial charge in [-0.2, -0.15) is 0 Å². The van der Waals surface area contributed by atoms with Gasteiger partial charge in [-0.3, -0.25) is 9.69 Å². The Kier molecular flexibility index (Phi) is 8.64. The molecule has 1 atom stereocenters. The number of para-hydroxylation sites is 2. The third-order valence-corrected chi connectivity index (χ3v) is 6.97. The van der Waals surface area contributed by atoms with Crippen LogP contribution in [0.15, 0.2) is 54.6 Å². The van der Waals surface area contributed by atoms with Gasteiger partial charge in [-0.25, -0.2) is 4.79 Å². The molecule has 0 radical (unpaired) electrons. The molecule has 7 heteroatoms. The predicted octanol–water partition coefficient (Wildman–Crippen LogP) is 4.13. The molecular formula is C28H38N4O3. The summed E-state index contributed by atoms with van der Waals surface area (Å²) >= 11 is 0. The summed E-state index contributed by atoms with van der Waals surface area (Å²) in [4.78, 5) is 32.1. The summed E-state index contributed by atoms with van der Waals surface area (Å²) in [6.07, 6.45) is 3.18. The Balaban J connectivity index is 1.19. The number of hydrogen-bond acceptors (Lipinski definition) is 4. The number of hydrogen-bond donors (Lipinski definition) is 1. The second-order valence-corrected chi connectivity index (χ2v) is 9.64. The van der Waals surface area contributed by atoms with E-state index in [1.807, 2.05) is 40.1 Å². The summed E-state index contributed by atoms with van der Waals surface area (Å²) in [6.45, 7) is 6.37. The zero-order chi connectivity index (χ0) is 24.6. The lowest BCUT2D eigenvalue weighted by Gasteiger charge is -2.39. The first-order valence-electron chi connectivity index (χ1n) is 12.9. The molecule has 0 bridgehead atoms. The van der Waals surface area contributed by atoms with Crippen LogP contribution in [0.3, 0.4) is 0 Å². The fourth-order valence-corrected chi connectivity index (χ4v) is 4.87. The molecule has 0 aliphatic carbocycles. The molecule has 3 amide bonds. The minimum absolute atomic E-state index is 0.00362. The van der Waals surface area contributed by atoms with Crippen molar-refractivity contribution in [3.8, 4) is 5.75 Å². The molecule has 188 valence electrons. The Morgan fingerprint density at radius 3 is 2.51 bits per heavy atom. The molecule has 2 aliphatic rings. The van der Waals surface area contributed by atoms with Gasteiger partial charge in [0.1, 0.15) is 11.9 Å². The fraction of sp³-hybridized carbons (Fsp3) is 0.500. The van der Waals surface area contributed by atoms with Gasteiger partial charge in [0, 0.05) is 32.1 Å². The van der Waals surface area contributed by atoms with Gasteiger partial charge in [0.15, 0.2) is 0 Å². The number of nitrogens with one attached hydrogen (secondary N) is 1. The van der Waals surface area contributed by atoms with Crippen LogP contribution in [0, 0.1) is 5.92 Å². The molecule has 35 heavy (non-hydrogen) atoms. The van der Waals surface area contributed by atoms with Crippen LogP contribution in [-0.2, 0) is 11.3 Å². The zero-order valence-electron chi connectivity index (χ0n) is 21.0. The van der Waals surface area contributed by atoms with Gasteiger partial charge in [-0.15, -0.1) is 0 Å². The average molecular weight is 479 g/mol. The number of carbonyl (C=O) groups is 2. The lowest BCUT2D eigenvalue weighted by atomic mass is 9.96. The Labute approximate surface area is 209 Å². The molecule has 2 heterocycles. The Morgan fingerprint density at radius 2 is 1.77 bits per heavy atom. The zero-order valence-corrected chi connectivity index (χ0v) is 21.0. The summed E-state index contributed by atoms with van der Waals surface area (Å²) in [5, 5.41) is 3.11. The maximum atomic E-state index is 13.4. The number of amides is 3. The quantitative estimate of drug-likeness (QED) is 0.580. The monoisotopic (exact) mass is 478 g/mol. The van der Waals surface area contributed by atoms with Crippen molar-refractivity contribution in [2.75, 3.05) is 44.7 Å². The number of fused-ring (bicyclic) bond motifs is 1. The molecular weight excluding hydrogens is 440 g/mol. The topological polar surface area (TPSA) is 65.1 Å². The van der Waals surface area contributed by atoms with Crippen LogP contribution in [0.5, 0.6) is 5.75 Å². The fourth-order valence-electron chi connectivity index (χ4n) is 4.87. The number of nitrogens with zero attached hydrogens (tertiary/aromatic N) is 3. The highest BCUT2D eigenvalue weighted by Gasteiger charge is 2.34. The lowest BCUT2D eigenvalue weighted by molar-refractivity contribution is -0.126. The van der Waals surface area contributed by atoms with Gasteiger partial charge in [-0.1, -0.05) is 49.4 Å². The summed E-state index contributed by atoms with van der Waals surface area (Å²) < 4.78 is 6.02. The van der Waals surface area contributed by atoms with Crippen LogP contribution >= 0.6 is 0 Å². The number of benzene rings is 2. The van der Waals surface area contributed by atoms with Crippen molar-refractivity contribution in [3.63, 3.8) is 0 Å². The normalized spacial score (nSPS) is 18.2. The van der Waals surface area contributed by atoms with Gasteiger partial charge in [0.2, 0.25) is 5.91 Å². The third kappa shape index (κ3) is 6.54. The number of piperidine rings is 1. The molecule has 0 spiro atoms. The molecule has 1 saturated heterocycles. The second-order valence-electron chi connectivity index (χ2n) is 9.64. The van der Waals surface area contributed by atoms with E-state index in [0.717, 1.165) is 37.4 Å². The first-order chi connectivity index (χ1) is 17.0. The summed E-state index contributed by atoms with van der Waals surface area (Å²) in [5.41, 5.74) is 2.13. The van der Waals surface area contributed by atoms with E-state index in [2.05, 4.69) is 48.5 Å². The summed E-state index contributed by atoms with van der Waals surface area (Å²) in [6, 6.07) is 18.2. The van der Waals surface area contributed by atoms with E-state index in [1.165, 1.54) is 5.56 Å². The number of rotatable bonds is 8. The largest absolute Gasteiger partial charge is 0.486 e. The van der Waals surface area contributed by atoms with Gasteiger partial charge in [-0.05, 0) is 57.0 Å². The molecule has 1 N–H and O–H groups in total. The molecule has 2 aliphatic heterocycles. The minimum atomic E-state index is -0.0264. The number of anilines is 1. The van der Waals surface area contributed by atoms with Crippen LogP contribution in [0.2, 0.25) is 0 Å². The number of carbonyl (C=O) groups excluding carboxylic acids is 2. The van der Waals surface area contributed by atoms with Gasteiger partial charge < -0.3 is 19.9 Å². The predicted molar refractivity (Wildman–Crippen MR) is 139 cm³/mol. The van der Waals surface area contributed by atoms with Crippen molar-refractivity contribution in [2.24, 2.45) is 5.92 Å². The smallest absolute Gasteiger partial charge is 0.324 e. The molecule has 0 aromatic heterocycles. The van der Waals surface area contributed by atoms with Crippen LogP contribution < -0.4 is 15.0 Å². The lowest BCUT2D eigenvalue weighted by Crippen LogP contribution is -2.52. The molecule has 7 nitrogen and oxygen atoms in total. The van der Waals surface area contributed by atoms with E-state index in [-0.39, 0.29) is 24.0 Å². The second kappa shape index (κ2) is 12.1. The maximum absolute atomic E-state index is 13.4. The molecule has 0 saturated carbocycles. The van der Waals surface area contributed by atoms with Gasteiger partial charge in [0.25, 0.3) is 0 Å². The van der Waals surface area contributed by atoms with Crippen molar-refractivity contribution < 1.29 is 14.3 Å². The summed E-state index contributed by atoms with van der Waals surface area (Å²) in [7, 11) is 2.11. The van der Waals surface area contributed by atoms with E-state index in [4.69, 9.17) is 4.74 Å². The molecule has 1 fully saturated rings. The molecule has 4 rings (SSSR count). The summed E-state index contributed by atoms with van der Waals surface area (Å²) in [5.74, 6) is 0.856. The van der Waals surface area contributed by atoms with E-state index in [9.17, 15) is 9.59 Å². The average Bonchev–Trinajstić information content (AvgIpc) is 2.90. The highest BCUT2D eigenvalue weighted by Crippen LogP contribution is 2.35. The van der Waals surface area contributed by atoms with Gasteiger partial charge in [0.05, 0.1) is 12.2 Å². The van der Waals surface area contributed by atoms with E-state index in [0.29, 0.717) is 39.0 Å². The highest BCUT2D eigenvalue weighted by molar-refractivity contribution is 5.94. The highest BCUT2D eigenvalue weighted by atomic mass is 16.5. The van der Waals surface area contributed by atoms with E-state index < -0.39 is 0 Å². The van der Waals surface area contributed by atoms with E-state index >= 15 is 0 Å². The van der Waals surface area contributed by atoms with Crippen molar-refractivity contribution >= 4 is 17.6 Å². The third-order valence-electron chi connectivity index (χ3n) is 6.97. The van der Waals surface area contributed by atoms with Crippen LogP contribution in [-0.4, -0.2) is 67.6 Å². The first-order valence-corrected chi connectivity index (χ1v) is 12.9. The van der Waals surface area contributed by atoms with Crippen molar-refractivity contribution in [3.05, 3.63) is 60.2 Å². The number of likely N-dealkylation sites (tertiary alicyclic amines) is 1. The minimum Gasteiger partial charge on any atom is -0.486 e. The molecule has 2 aromatic rings. The van der Waals surface area contributed by atoms with Crippen LogP contribution in [0.25, 0.3) is 0 Å². The Bertz CT molecular complexity index is 975. The standard InChI is InChI=1S/C28H38N4O3/c1-3-24-21-32(25-12-7-8-13-26(25)35-24)28(34)31-18-14-23(15-19-31)27(33)29-16-9-17-30(2)20-22-10-5-4-6-11-22/h4-8,10-13,23-24H,3,9,14-21H2,1-2H3,(H,29,33)/t24-/m1/s1. The molecule has 2 aromatic carbocycles. The molecule has 0 unspecified atom stereocenters. The SMILES string of the molecule is CC[C@@H]1CN(C(=O)N2CCC(C(=O)NCCCN(C)Cc3ccccc3)CC2)c2ccccc2O1. The van der Waals surface area contributed by atoms with Crippen LogP contribution in [0.4, 0.5) is 10.5 Å². The van der Waals surface area contributed by atoms with E-state index in [1.54, 1.807) is 0 Å². The Hall–Kier alpha value is -3.06. The van der Waals surface area contributed by atoms with Gasteiger partial charge >= 0.3 is 6.03 Å². The number of urea groups is 1. The van der Waals surface area contributed by atoms with Crippen LogP contribution in [0.1, 0.15) is 38.2 Å². The Morgan fingerprint density at radius 1 is 1.06 bits per heavy atom. The first kappa shape index (κ1) is 25.0. The van der Waals surface area contributed by atoms with Crippen molar-refractivity contribution in [2.45, 2.75) is 45.3 Å². The number of ether oxygens (including phenoxy) is 1. The maximum Gasteiger partial charge on any atom is 0.324 e. The van der Waals surface area contributed by atoms with Crippen molar-refractivity contribution in [1.29, 1.82) is 0 Å². The van der Waals surface area contributed by atoms with Crippen molar-refractivity contribution in [1.82, 2.24) is 15.1 Å².